The molecule has 1 saturated heterocycles. The van der Waals surface area contributed by atoms with Crippen molar-refractivity contribution in [1.82, 2.24) is 0 Å². The van der Waals surface area contributed by atoms with E-state index in [0.717, 1.165) is 0 Å². The predicted molar refractivity (Wildman–Crippen MR) is 87.1 cm³/mol. The molecular formula is C12H24O12P2+2. The summed E-state index contributed by atoms with van der Waals surface area (Å²) < 4.78 is 31.5. The highest BCUT2D eigenvalue weighted by molar-refractivity contribution is 7.54. The molecule has 1 heterocycles. The van der Waals surface area contributed by atoms with Crippen LogP contribution in [-0.2, 0) is 32.6 Å². The Morgan fingerprint density at radius 2 is 1.96 bits per heavy atom. The lowest BCUT2D eigenvalue weighted by Crippen LogP contribution is -2.31. The van der Waals surface area contributed by atoms with Gasteiger partial charge in [-0.05, 0) is 13.8 Å². The highest BCUT2D eigenvalue weighted by atomic mass is 31.2. The van der Waals surface area contributed by atoms with Crippen molar-refractivity contribution in [3.63, 3.8) is 0 Å². The van der Waals surface area contributed by atoms with Gasteiger partial charge >= 0.3 is 16.3 Å². The third-order valence-electron chi connectivity index (χ3n) is 3.21. The normalized spacial score (nSPS) is 27.0. The van der Waals surface area contributed by atoms with Gasteiger partial charge in [-0.1, -0.05) is 0 Å². The van der Waals surface area contributed by atoms with E-state index in [1.807, 2.05) is 0 Å². The smallest absolute Gasteiger partial charge is 0.370 e. The average molecular weight is 423 g/mol. The van der Waals surface area contributed by atoms with Crippen LogP contribution in [0.1, 0.15) is 20.3 Å². The Morgan fingerprint density at radius 3 is 2.54 bits per heavy atom. The Labute approximate surface area is 152 Å². The Balaban J connectivity index is 2.58. The lowest BCUT2D eigenvalue weighted by atomic mass is 10.1. The number of aldehydes is 2. The molecule has 1 aliphatic rings. The third kappa shape index (κ3) is 9.14. The van der Waals surface area contributed by atoms with Crippen molar-refractivity contribution in [2.45, 2.75) is 50.8 Å². The Bertz CT molecular complexity index is 481. The van der Waals surface area contributed by atoms with Crippen LogP contribution >= 0.6 is 16.3 Å². The molecule has 14 heteroatoms. The fourth-order valence-electron chi connectivity index (χ4n) is 2.14. The maximum Gasteiger partial charge on any atom is 0.570 e. The van der Waals surface area contributed by atoms with E-state index in [2.05, 4.69) is 9.42 Å². The molecule has 0 spiro atoms. The van der Waals surface area contributed by atoms with E-state index in [4.69, 9.17) is 20.0 Å². The van der Waals surface area contributed by atoms with Crippen LogP contribution in [0.5, 0.6) is 0 Å². The van der Waals surface area contributed by atoms with E-state index >= 15 is 0 Å². The summed E-state index contributed by atoms with van der Waals surface area (Å²) >= 11 is 0. The first-order valence-corrected chi connectivity index (χ1v) is 10.6. The fourth-order valence-corrected chi connectivity index (χ4v) is 3.46. The Morgan fingerprint density at radius 1 is 1.27 bits per heavy atom. The number of rotatable bonds is 13. The van der Waals surface area contributed by atoms with Crippen LogP contribution < -0.4 is 0 Å². The zero-order chi connectivity index (χ0) is 20.7. The molecule has 152 valence electrons. The van der Waals surface area contributed by atoms with Crippen LogP contribution in [0.4, 0.5) is 0 Å². The largest absolute Gasteiger partial charge is 0.570 e. The van der Waals surface area contributed by atoms with Gasteiger partial charge in [0.05, 0.1) is 6.10 Å². The minimum atomic E-state index is -4.39. The summed E-state index contributed by atoms with van der Waals surface area (Å²) in [5.74, 6) is 0. The van der Waals surface area contributed by atoms with Gasteiger partial charge in [-0.15, -0.1) is 4.52 Å². The minimum absolute atomic E-state index is 0.208. The third-order valence-corrected chi connectivity index (χ3v) is 4.72. The second-order valence-corrected chi connectivity index (χ2v) is 8.28. The summed E-state index contributed by atoms with van der Waals surface area (Å²) in [6.07, 6.45) is -3.34. The van der Waals surface area contributed by atoms with Gasteiger partial charge in [-0.2, -0.15) is 33.5 Å². The van der Waals surface area contributed by atoms with Gasteiger partial charge < -0.3 is 19.1 Å². The molecule has 26 heavy (non-hydrogen) atoms. The van der Waals surface area contributed by atoms with Crippen molar-refractivity contribution in [2.24, 2.45) is 0 Å². The summed E-state index contributed by atoms with van der Waals surface area (Å²) in [7, 11) is -8.71. The predicted octanol–water partition coefficient (Wildman–Crippen LogP) is -0.930. The average Bonchev–Trinajstić information content (AvgIpc) is 2.95. The molecule has 0 aromatic heterocycles. The number of ether oxygens (including phenoxy) is 2. The van der Waals surface area contributed by atoms with E-state index in [1.54, 1.807) is 6.92 Å². The van der Waals surface area contributed by atoms with E-state index in [0.29, 0.717) is 12.6 Å². The van der Waals surface area contributed by atoms with Crippen molar-refractivity contribution in [1.29, 1.82) is 1.43 Å². The topological polar surface area (TPSA) is 181 Å². The summed E-state index contributed by atoms with van der Waals surface area (Å²) in [6, 6.07) is 0. The molecule has 0 bridgehead atoms. The maximum atomic E-state index is 10.9. The van der Waals surface area contributed by atoms with E-state index < -0.39 is 54.0 Å². The molecule has 0 unspecified atom stereocenters. The summed E-state index contributed by atoms with van der Waals surface area (Å²) in [5.41, 5.74) is 0. The molecule has 0 radical (unpaired) electrons. The Kier molecular flexibility index (Phi) is 8.81. The zero-order valence-corrected chi connectivity index (χ0v) is 15.9. The van der Waals surface area contributed by atoms with Gasteiger partial charge in [-0.3, -0.25) is 0 Å². The van der Waals surface area contributed by atoms with E-state index in [-0.39, 0.29) is 12.5 Å². The molecule has 1 rings (SSSR count). The lowest BCUT2D eigenvalue weighted by Gasteiger charge is -2.19. The molecule has 0 aromatic rings. The van der Waals surface area contributed by atoms with E-state index in [1.165, 1.54) is 6.92 Å². The van der Waals surface area contributed by atoms with Crippen molar-refractivity contribution >= 4 is 28.9 Å². The second-order valence-electron chi connectivity index (χ2n) is 5.59. The van der Waals surface area contributed by atoms with Crippen LogP contribution in [0.15, 0.2) is 0 Å². The van der Waals surface area contributed by atoms with Crippen LogP contribution in [-0.4, -0.2) is 82.2 Å². The first kappa shape index (κ1) is 22.1. The quantitative estimate of drug-likeness (QED) is 0.182. The molecule has 0 aromatic carbocycles. The van der Waals surface area contributed by atoms with Crippen LogP contribution in [0.3, 0.4) is 0 Å². The molecule has 1 aliphatic heterocycles. The zero-order valence-electron chi connectivity index (χ0n) is 15.1. The second kappa shape index (κ2) is 10.4. The number of carbonyl (C=O) groups excluding carboxylic acids is 2. The van der Waals surface area contributed by atoms with Gasteiger partial charge in [-0.25, -0.2) is 0 Å². The van der Waals surface area contributed by atoms with Crippen LogP contribution in [0.2, 0.25) is 0 Å². The first-order valence-electron chi connectivity index (χ1n) is 7.95. The molecule has 0 amide bonds. The Hall–Kier alpha value is -0.200. The monoisotopic (exact) mass is 423 g/mol. The first-order chi connectivity index (χ1) is 12.5. The van der Waals surface area contributed by atoms with Gasteiger partial charge in [0.1, 0.15) is 43.9 Å². The van der Waals surface area contributed by atoms with Gasteiger partial charge in [0.15, 0.2) is 6.29 Å². The fraction of sp³-hybridized carbons (Fsp3) is 0.833. The molecule has 5 atom stereocenters. The van der Waals surface area contributed by atoms with Crippen LogP contribution in [0.25, 0.3) is 0 Å². The highest BCUT2D eigenvalue weighted by Crippen LogP contribution is 2.55. The van der Waals surface area contributed by atoms with Crippen molar-refractivity contribution in [2.75, 3.05) is 13.2 Å². The van der Waals surface area contributed by atoms with Crippen molar-refractivity contribution in [3.8, 4) is 0 Å². The molecular weight excluding hydrogens is 398 g/mol. The van der Waals surface area contributed by atoms with Gasteiger partial charge in [0.2, 0.25) is 0 Å². The summed E-state index contributed by atoms with van der Waals surface area (Å²) in [4.78, 5) is 63.3. The highest BCUT2D eigenvalue weighted by Gasteiger charge is 2.50. The molecule has 12 nitrogen and oxygen atoms in total. The van der Waals surface area contributed by atoms with Gasteiger partial charge in [0.25, 0.3) is 1.43 Å². The molecule has 0 saturated carbocycles. The van der Waals surface area contributed by atoms with E-state index in [9.17, 15) is 29.2 Å². The minimum Gasteiger partial charge on any atom is -0.370 e. The molecule has 5 N–H and O–H groups in total. The standard InChI is InChI=1S/C12H24O12P2/c1-8-3-11(12(23-8)7-20-25(15,16)17)24-26(18,19)21-6-10(5-14)22-9(2)4-13/h4-5,8-12,15-19H,3,6-7H2,1-2H3/q+2/t8-,9-,10-,11+,12+/m0/s1/i15D. The van der Waals surface area contributed by atoms with Crippen molar-refractivity contribution in [3.05, 3.63) is 0 Å². The maximum absolute atomic E-state index is 10.9. The molecule has 1 fully saturated rings. The van der Waals surface area contributed by atoms with Crippen molar-refractivity contribution < 1.29 is 57.1 Å². The van der Waals surface area contributed by atoms with Gasteiger partial charge in [0, 0.05) is 6.42 Å². The summed E-state index contributed by atoms with van der Waals surface area (Å²) in [6.45, 7) is 2.05. The summed E-state index contributed by atoms with van der Waals surface area (Å²) in [5, 5.41) is 0. The lowest BCUT2D eigenvalue weighted by molar-refractivity contribution is -0.131. The molecule has 0 aliphatic carbocycles. The number of hydrogen-bond acceptors (Lipinski definition) is 12. The number of hydrogen-bond donors (Lipinski definition) is 5. The van der Waals surface area contributed by atoms with Crippen LogP contribution in [0, 0.1) is 0 Å². The SMILES string of the molecule is [2H]O[P+](O)(O)OC[C@H]1O[C@@H](C)C[C@H]1O[P+](O)(O)OC[C@H](C=O)O[C@@H](C)C=O. The number of carbonyl (C=O) groups is 2.